The maximum Gasteiger partial charge on any atom is 0.227 e. The van der Waals surface area contributed by atoms with Gasteiger partial charge in [0.15, 0.2) is 0 Å². The van der Waals surface area contributed by atoms with E-state index < -0.39 is 0 Å². The number of carbonyl (C=O) groups is 1. The fourth-order valence-electron chi connectivity index (χ4n) is 2.31. The van der Waals surface area contributed by atoms with Crippen LogP contribution in [-0.2, 0) is 24.3 Å². The lowest BCUT2D eigenvalue weighted by Gasteiger charge is -2.21. The highest BCUT2D eigenvalue weighted by molar-refractivity contribution is 7.07. The number of hydrogen-bond acceptors (Lipinski definition) is 3. The van der Waals surface area contributed by atoms with Gasteiger partial charge in [0.2, 0.25) is 5.91 Å². The second-order valence-electron chi connectivity index (χ2n) is 5.26. The molecule has 3 aromatic rings. The number of rotatable bonds is 6. The van der Waals surface area contributed by atoms with Gasteiger partial charge in [-0.05, 0) is 52.2 Å². The van der Waals surface area contributed by atoms with E-state index in [0.717, 1.165) is 16.9 Å². The Kier molecular flexibility index (Phi) is 4.88. The summed E-state index contributed by atoms with van der Waals surface area (Å²) >= 11 is 1.60. The fraction of sp³-hybridized carbons (Fsp3) is 0.167. The van der Waals surface area contributed by atoms with Crippen molar-refractivity contribution in [3.8, 4) is 0 Å². The molecule has 0 aliphatic carbocycles. The highest BCUT2D eigenvalue weighted by Gasteiger charge is 2.16. The molecule has 3 rings (SSSR count). The van der Waals surface area contributed by atoms with Crippen LogP contribution < -0.4 is 0 Å². The topological polar surface area (TPSA) is 33.5 Å². The van der Waals surface area contributed by atoms with Crippen LogP contribution in [-0.4, -0.2) is 10.8 Å². The minimum Gasteiger partial charge on any atom is -0.467 e. The van der Waals surface area contributed by atoms with Gasteiger partial charge in [-0.1, -0.05) is 12.1 Å². The molecule has 118 valence electrons. The molecule has 0 aliphatic rings. The van der Waals surface area contributed by atoms with Gasteiger partial charge in [0.05, 0.1) is 19.2 Å². The molecule has 0 saturated carbocycles. The van der Waals surface area contributed by atoms with E-state index in [0.29, 0.717) is 13.1 Å². The lowest BCUT2D eigenvalue weighted by molar-refractivity contribution is -0.132. The summed E-state index contributed by atoms with van der Waals surface area (Å²) in [5.41, 5.74) is 1.89. The van der Waals surface area contributed by atoms with Crippen molar-refractivity contribution in [2.45, 2.75) is 19.5 Å². The zero-order valence-corrected chi connectivity index (χ0v) is 13.3. The average Bonchev–Trinajstić information content (AvgIpc) is 3.22. The molecule has 1 aromatic carbocycles. The quantitative estimate of drug-likeness (QED) is 0.677. The maximum absolute atomic E-state index is 13.0. The van der Waals surface area contributed by atoms with E-state index >= 15 is 0 Å². The second-order valence-corrected chi connectivity index (χ2v) is 6.04. The van der Waals surface area contributed by atoms with Gasteiger partial charge in [0.1, 0.15) is 11.6 Å². The number of benzene rings is 1. The number of furan rings is 1. The van der Waals surface area contributed by atoms with E-state index in [1.54, 1.807) is 34.6 Å². The molecule has 0 atom stereocenters. The summed E-state index contributed by atoms with van der Waals surface area (Å²) in [6.07, 6.45) is 1.84. The number of hydrogen-bond donors (Lipinski definition) is 0. The molecule has 0 saturated heterocycles. The van der Waals surface area contributed by atoms with E-state index in [-0.39, 0.29) is 18.1 Å². The molecule has 3 nitrogen and oxygen atoms in total. The van der Waals surface area contributed by atoms with Crippen LogP contribution in [0.3, 0.4) is 0 Å². The van der Waals surface area contributed by atoms with Gasteiger partial charge >= 0.3 is 0 Å². The SMILES string of the molecule is O=C(Cc1ccc(F)cc1)N(Cc1ccsc1)Cc1ccco1. The number of thiophene rings is 1. The minimum atomic E-state index is -0.299. The van der Waals surface area contributed by atoms with E-state index in [4.69, 9.17) is 4.42 Å². The van der Waals surface area contributed by atoms with Crippen molar-refractivity contribution in [2.75, 3.05) is 0 Å². The molecule has 5 heteroatoms. The first-order valence-corrected chi connectivity index (χ1v) is 8.20. The van der Waals surface area contributed by atoms with Crippen LogP contribution in [0.4, 0.5) is 4.39 Å². The van der Waals surface area contributed by atoms with Crippen LogP contribution in [0.25, 0.3) is 0 Å². The summed E-state index contributed by atoms with van der Waals surface area (Å²) in [5, 5.41) is 4.02. The smallest absolute Gasteiger partial charge is 0.227 e. The normalized spacial score (nSPS) is 10.7. The Bertz CT molecular complexity index is 700. The highest BCUT2D eigenvalue weighted by Crippen LogP contribution is 2.15. The molecule has 0 fully saturated rings. The molecule has 0 bridgehead atoms. The predicted octanol–water partition coefficient (Wildman–Crippen LogP) is 4.25. The van der Waals surface area contributed by atoms with Crippen LogP contribution in [0, 0.1) is 5.82 Å². The Morgan fingerprint density at radius 2 is 1.91 bits per heavy atom. The second kappa shape index (κ2) is 7.24. The third-order valence-electron chi connectivity index (χ3n) is 3.50. The number of halogens is 1. The third-order valence-corrected chi connectivity index (χ3v) is 4.23. The van der Waals surface area contributed by atoms with Gasteiger partial charge in [0.25, 0.3) is 0 Å². The monoisotopic (exact) mass is 329 g/mol. The van der Waals surface area contributed by atoms with E-state index in [2.05, 4.69) is 0 Å². The summed E-state index contributed by atoms with van der Waals surface area (Å²) in [5.74, 6) is 0.429. The van der Waals surface area contributed by atoms with Gasteiger partial charge in [-0.3, -0.25) is 4.79 Å². The molecule has 0 radical (unpaired) electrons. The van der Waals surface area contributed by atoms with Crippen molar-refractivity contribution in [1.29, 1.82) is 0 Å². The maximum atomic E-state index is 13.0. The van der Waals surface area contributed by atoms with Crippen molar-refractivity contribution < 1.29 is 13.6 Å². The van der Waals surface area contributed by atoms with Gasteiger partial charge in [0, 0.05) is 6.54 Å². The first kappa shape index (κ1) is 15.5. The standard InChI is InChI=1S/C18H16FNO2S/c19-16-5-3-14(4-6-16)10-18(21)20(11-15-7-9-23-13-15)12-17-2-1-8-22-17/h1-9,13H,10-12H2. The van der Waals surface area contributed by atoms with Gasteiger partial charge in [-0.15, -0.1) is 0 Å². The third kappa shape index (κ3) is 4.29. The summed E-state index contributed by atoms with van der Waals surface area (Å²) < 4.78 is 18.3. The molecule has 0 spiro atoms. The Balaban J connectivity index is 1.73. The van der Waals surface area contributed by atoms with E-state index in [1.807, 2.05) is 29.0 Å². The molecular weight excluding hydrogens is 313 g/mol. The van der Waals surface area contributed by atoms with Crippen molar-refractivity contribution in [3.05, 3.63) is 82.2 Å². The average molecular weight is 329 g/mol. The summed E-state index contributed by atoms with van der Waals surface area (Å²) in [7, 11) is 0. The molecule has 0 unspecified atom stereocenters. The van der Waals surface area contributed by atoms with Crippen molar-refractivity contribution in [1.82, 2.24) is 4.90 Å². The van der Waals surface area contributed by atoms with Crippen molar-refractivity contribution >= 4 is 17.2 Å². The van der Waals surface area contributed by atoms with E-state index in [9.17, 15) is 9.18 Å². The highest BCUT2D eigenvalue weighted by atomic mass is 32.1. The van der Waals surface area contributed by atoms with Gasteiger partial charge < -0.3 is 9.32 Å². The van der Waals surface area contributed by atoms with E-state index in [1.165, 1.54) is 12.1 Å². The zero-order chi connectivity index (χ0) is 16.1. The summed E-state index contributed by atoms with van der Waals surface area (Å²) in [6, 6.07) is 11.7. The number of nitrogens with zero attached hydrogens (tertiary/aromatic N) is 1. The van der Waals surface area contributed by atoms with Crippen LogP contribution in [0.5, 0.6) is 0 Å². The zero-order valence-electron chi connectivity index (χ0n) is 12.4. The Morgan fingerprint density at radius 3 is 2.57 bits per heavy atom. The first-order chi connectivity index (χ1) is 11.2. The lowest BCUT2D eigenvalue weighted by atomic mass is 10.1. The fourth-order valence-corrected chi connectivity index (χ4v) is 2.97. The molecule has 0 aliphatic heterocycles. The first-order valence-electron chi connectivity index (χ1n) is 7.26. The number of carbonyl (C=O) groups excluding carboxylic acids is 1. The lowest BCUT2D eigenvalue weighted by Crippen LogP contribution is -2.31. The molecule has 23 heavy (non-hydrogen) atoms. The molecule has 2 heterocycles. The Hall–Kier alpha value is -2.40. The Labute approximate surface area is 138 Å². The predicted molar refractivity (Wildman–Crippen MR) is 87.4 cm³/mol. The molecule has 1 amide bonds. The molecule has 0 N–H and O–H groups in total. The number of amides is 1. The van der Waals surface area contributed by atoms with Crippen LogP contribution >= 0.6 is 11.3 Å². The van der Waals surface area contributed by atoms with Crippen LogP contribution in [0.15, 0.2) is 63.9 Å². The minimum absolute atomic E-state index is 0.0146. The van der Waals surface area contributed by atoms with Crippen LogP contribution in [0.2, 0.25) is 0 Å². The largest absolute Gasteiger partial charge is 0.467 e. The summed E-state index contributed by atoms with van der Waals surface area (Å²) in [6.45, 7) is 0.951. The van der Waals surface area contributed by atoms with Gasteiger partial charge in [-0.25, -0.2) is 4.39 Å². The molecule has 2 aromatic heterocycles. The molecular formula is C18H16FNO2S. The van der Waals surface area contributed by atoms with Crippen LogP contribution in [0.1, 0.15) is 16.9 Å². The summed E-state index contributed by atoms with van der Waals surface area (Å²) in [4.78, 5) is 14.4. The van der Waals surface area contributed by atoms with Gasteiger partial charge in [-0.2, -0.15) is 11.3 Å². The van der Waals surface area contributed by atoms with Crippen molar-refractivity contribution in [3.63, 3.8) is 0 Å². The van der Waals surface area contributed by atoms with Crippen molar-refractivity contribution in [2.24, 2.45) is 0 Å². The Morgan fingerprint density at radius 1 is 1.09 bits per heavy atom.